The van der Waals surface area contributed by atoms with Crippen molar-refractivity contribution in [2.45, 2.75) is 25.7 Å². The van der Waals surface area contributed by atoms with Crippen LogP contribution in [0.25, 0.3) is 0 Å². The first-order chi connectivity index (χ1) is 9.13. The third-order valence-corrected chi connectivity index (χ3v) is 3.79. The van der Waals surface area contributed by atoms with E-state index < -0.39 is 0 Å². The van der Waals surface area contributed by atoms with E-state index in [2.05, 4.69) is 41.4 Å². The van der Waals surface area contributed by atoms with Crippen LogP contribution in [-0.2, 0) is 0 Å². The second kappa shape index (κ2) is 4.73. The third kappa shape index (κ3) is 2.65. The van der Waals surface area contributed by atoms with Gasteiger partial charge in [-0.25, -0.2) is 9.97 Å². The van der Waals surface area contributed by atoms with E-state index in [-0.39, 0.29) is 11.7 Å². The SMILES string of the molecule is Cc1cc(NC(=O)c2n[nH]c(C3CC3)n2)ncc1Br. The number of aromatic nitrogens is 4. The number of amides is 1. The molecular weight excluding hydrogens is 310 g/mol. The molecule has 7 heteroatoms. The molecule has 0 unspecified atom stereocenters. The Labute approximate surface area is 118 Å². The third-order valence-electron chi connectivity index (χ3n) is 2.96. The summed E-state index contributed by atoms with van der Waals surface area (Å²) in [5, 5.41) is 9.42. The van der Waals surface area contributed by atoms with E-state index in [9.17, 15) is 4.79 Å². The predicted molar refractivity (Wildman–Crippen MR) is 73.0 cm³/mol. The first kappa shape index (κ1) is 12.3. The summed E-state index contributed by atoms with van der Waals surface area (Å²) in [5.41, 5.74) is 0.999. The van der Waals surface area contributed by atoms with E-state index in [1.54, 1.807) is 12.3 Å². The summed E-state index contributed by atoms with van der Waals surface area (Å²) >= 11 is 3.36. The van der Waals surface area contributed by atoms with E-state index in [0.717, 1.165) is 28.7 Å². The zero-order valence-electron chi connectivity index (χ0n) is 10.3. The van der Waals surface area contributed by atoms with E-state index in [4.69, 9.17) is 0 Å². The van der Waals surface area contributed by atoms with Gasteiger partial charge in [0.25, 0.3) is 5.91 Å². The van der Waals surface area contributed by atoms with Gasteiger partial charge < -0.3 is 5.32 Å². The van der Waals surface area contributed by atoms with Crippen molar-refractivity contribution in [3.8, 4) is 0 Å². The van der Waals surface area contributed by atoms with E-state index in [0.29, 0.717) is 11.7 Å². The van der Waals surface area contributed by atoms with Crippen LogP contribution in [0.1, 0.15) is 40.8 Å². The molecule has 1 saturated carbocycles. The number of aryl methyl sites for hydroxylation is 1. The number of hydrogen-bond donors (Lipinski definition) is 2. The van der Waals surface area contributed by atoms with Crippen LogP contribution in [0, 0.1) is 6.92 Å². The van der Waals surface area contributed by atoms with Gasteiger partial charge in [-0.3, -0.25) is 9.89 Å². The Kier molecular flexibility index (Phi) is 3.06. The smallest absolute Gasteiger partial charge is 0.296 e. The topological polar surface area (TPSA) is 83.6 Å². The van der Waals surface area contributed by atoms with Crippen LogP contribution in [0.5, 0.6) is 0 Å². The summed E-state index contributed by atoms with van der Waals surface area (Å²) in [6.45, 7) is 1.93. The molecule has 0 aliphatic heterocycles. The molecule has 6 nitrogen and oxygen atoms in total. The molecule has 1 aliphatic rings. The molecule has 0 atom stereocenters. The lowest BCUT2D eigenvalue weighted by Crippen LogP contribution is -2.14. The van der Waals surface area contributed by atoms with Crippen molar-refractivity contribution >= 4 is 27.7 Å². The second-order valence-electron chi connectivity index (χ2n) is 4.59. The van der Waals surface area contributed by atoms with Gasteiger partial charge >= 0.3 is 0 Å². The number of hydrogen-bond acceptors (Lipinski definition) is 4. The van der Waals surface area contributed by atoms with Crippen molar-refractivity contribution < 1.29 is 4.79 Å². The highest BCUT2D eigenvalue weighted by molar-refractivity contribution is 9.10. The highest BCUT2D eigenvalue weighted by Gasteiger charge is 2.28. The van der Waals surface area contributed by atoms with Gasteiger partial charge in [0.1, 0.15) is 11.6 Å². The van der Waals surface area contributed by atoms with Gasteiger partial charge in [-0.2, -0.15) is 0 Å². The van der Waals surface area contributed by atoms with Crippen molar-refractivity contribution in [3.05, 3.63) is 33.9 Å². The average Bonchev–Trinajstić information content (AvgIpc) is 3.11. The first-order valence-corrected chi connectivity index (χ1v) is 6.78. The van der Waals surface area contributed by atoms with Crippen LogP contribution in [0.4, 0.5) is 5.82 Å². The predicted octanol–water partition coefficient (Wildman–Crippen LogP) is 2.40. The van der Waals surface area contributed by atoms with Gasteiger partial charge in [0.15, 0.2) is 0 Å². The standard InChI is InChI=1S/C12H12BrN5O/c1-6-4-9(14-5-8(6)13)15-12(19)11-16-10(17-18-11)7-2-3-7/h4-5,7H,2-3H2,1H3,(H,14,15,19)(H,16,17,18). The van der Waals surface area contributed by atoms with Crippen LogP contribution in [0.3, 0.4) is 0 Å². The summed E-state index contributed by atoms with van der Waals surface area (Å²) in [7, 11) is 0. The van der Waals surface area contributed by atoms with Gasteiger partial charge in [-0.15, -0.1) is 5.10 Å². The molecule has 1 amide bonds. The number of rotatable bonds is 3. The molecule has 0 saturated heterocycles. The summed E-state index contributed by atoms with van der Waals surface area (Å²) in [6.07, 6.45) is 3.88. The lowest BCUT2D eigenvalue weighted by Gasteiger charge is -2.03. The molecule has 1 fully saturated rings. The molecule has 2 aromatic heterocycles. The van der Waals surface area contributed by atoms with Crippen molar-refractivity contribution in [3.63, 3.8) is 0 Å². The Morgan fingerprint density at radius 1 is 1.53 bits per heavy atom. The number of carbonyl (C=O) groups excluding carboxylic acids is 1. The van der Waals surface area contributed by atoms with E-state index in [1.807, 2.05) is 6.92 Å². The lowest BCUT2D eigenvalue weighted by atomic mass is 10.3. The van der Waals surface area contributed by atoms with Crippen LogP contribution in [-0.4, -0.2) is 26.1 Å². The molecular formula is C12H12BrN5O. The highest BCUT2D eigenvalue weighted by Crippen LogP contribution is 2.37. The minimum Gasteiger partial charge on any atom is -0.304 e. The fourth-order valence-corrected chi connectivity index (χ4v) is 1.91. The van der Waals surface area contributed by atoms with Crippen molar-refractivity contribution in [2.24, 2.45) is 0 Å². The zero-order valence-corrected chi connectivity index (χ0v) is 11.9. The Bertz CT molecular complexity index is 635. The zero-order chi connectivity index (χ0) is 13.4. The second-order valence-corrected chi connectivity index (χ2v) is 5.45. The van der Waals surface area contributed by atoms with Gasteiger partial charge in [0.2, 0.25) is 5.82 Å². The molecule has 19 heavy (non-hydrogen) atoms. The molecule has 0 radical (unpaired) electrons. The van der Waals surface area contributed by atoms with E-state index in [1.165, 1.54) is 0 Å². The normalized spacial score (nSPS) is 14.4. The Morgan fingerprint density at radius 2 is 2.32 bits per heavy atom. The monoisotopic (exact) mass is 321 g/mol. The Balaban J connectivity index is 1.74. The number of carbonyl (C=O) groups is 1. The van der Waals surface area contributed by atoms with Gasteiger partial charge in [0.05, 0.1) is 0 Å². The molecule has 0 bridgehead atoms. The molecule has 2 N–H and O–H groups in total. The molecule has 1 aliphatic carbocycles. The molecule has 2 aromatic rings. The lowest BCUT2D eigenvalue weighted by molar-refractivity contribution is 0.101. The highest BCUT2D eigenvalue weighted by atomic mass is 79.9. The minimum atomic E-state index is -0.350. The molecule has 2 heterocycles. The van der Waals surface area contributed by atoms with Crippen molar-refractivity contribution in [1.29, 1.82) is 0 Å². The number of halogens is 1. The minimum absolute atomic E-state index is 0.157. The fraction of sp³-hybridized carbons (Fsp3) is 0.333. The van der Waals surface area contributed by atoms with Gasteiger partial charge in [0, 0.05) is 16.6 Å². The van der Waals surface area contributed by atoms with Gasteiger partial charge in [-0.1, -0.05) is 0 Å². The summed E-state index contributed by atoms with van der Waals surface area (Å²) in [6, 6.07) is 1.79. The number of nitrogens with zero attached hydrogens (tertiary/aromatic N) is 3. The molecule has 98 valence electrons. The molecule has 3 rings (SSSR count). The number of H-pyrrole nitrogens is 1. The number of nitrogens with one attached hydrogen (secondary N) is 2. The maximum atomic E-state index is 12.0. The Morgan fingerprint density at radius 3 is 3.00 bits per heavy atom. The Hall–Kier alpha value is -1.76. The van der Waals surface area contributed by atoms with Crippen molar-refractivity contribution in [2.75, 3.05) is 5.32 Å². The van der Waals surface area contributed by atoms with Crippen LogP contribution >= 0.6 is 15.9 Å². The maximum absolute atomic E-state index is 12.0. The number of aromatic amines is 1. The van der Waals surface area contributed by atoms with E-state index >= 15 is 0 Å². The van der Waals surface area contributed by atoms with Gasteiger partial charge in [-0.05, 0) is 47.3 Å². The summed E-state index contributed by atoms with van der Waals surface area (Å²) in [4.78, 5) is 20.3. The quantitative estimate of drug-likeness (QED) is 0.909. The largest absolute Gasteiger partial charge is 0.304 e. The summed E-state index contributed by atoms with van der Waals surface area (Å²) in [5.74, 6) is 1.54. The molecule has 0 aromatic carbocycles. The first-order valence-electron chi connectivity index (χ1n) is 5.99. The fourth-order valence-electron chi connectivity index (χ4n) is 1.70. The summed E-state index contributed by atoms with van der Waals surface area (Å²) < 4.78 is 0.902. The number of anilines is 1. The van der Waals surface area contributed by atoms with Crippen LogP contribution in [0.15, 0.2) is 16.7 Å². The van der Waals surface area contributed by atoms with Crippen LogP contribution < -0.4 is 5.32 Å². The van der Waals surface area contributed by atoms with Crippen molar-refractivity contribution in [1.82, 2.24) is 20.2 Å². The average molecular weight is 322 g/mol. The maximum Gasteiger partial charge on any atom is 0.296 e. The van der Waals surface area contributed by atoms with Crippen LogP contribution in [0.2, 0.25) is 0 Å². The number of pyridine rings is 1. The molecule has 0 spiro atoms.